The molecule has 0 aliphatic heterocycles. The van der Waals surface area contributed by atoms with Crippen LogP contribution in [0.2, 0.25) is 0 Å². The summed E-state index contributed by atoms with van der Waals surface area (Å²) in [5.74, 6) is 1.25. The number of rotatable bonds is 3. The smallest absolute Gasteiger partial charge is 0.202 e. The van der Waals surface area contributed by atoms with Crippen LogP contribution in [0.4, 0.5) is 5.13 Å². The number of aliphatic hydroxyl groups is 1. The van der Waals surface area contributed by atoms with Crippen molar-refractivity contribution in [1.82, 2.24) is 9.36 Å². The maximum absolute atomic E-state index is 9.53. The summed E-state index contributed by atoms with van der Waals surface area (Å²) in [5.41, 5.74) is -0.00371. The molecule has 1 aromatic heterocycles. The lowest BCUT2D eigenvalue weighted by Crippen LogP contribution is -2.30. The van der Waals surface area contributed by atoms with Gasteiger partial charge >= 0.3 is 0 Å². The Bertz CT molecular complexity index is 400. The Labute approximate surface area is 119 Å². The first kappa shape index (κ1) is 14.7. The van der Waals surface area contributed by atoms with Gasteiger partial charge in [-0.15, -0.1) is 0 Å². The van der Waals surface area contributed by atoms with Gasteiger partial charge in [-0.05, 0) is 12.8 Å². The highest BCUT2D eigenvalue weighted by molar-refractivity contribution is 7.09. The van der Waals surface area contributed by atoms with E-state index in [-0.39, 0.29) is 12.0 Å². The minimum atomic E-state index is -0.00371. The summed E-state index contributed by atoms with van der Waals surface area (Å²) in [5, 5.41) is 13.9. The summed E-state index contributed by atoms with van der Waals surface area (Å²) < 4.78 is 4.43. The average molecular weight is 283 g/mol. The predicted octanol–water partition coefficient (Wildman–Crippen LogP) is 3.19. The number of hydrogen-bond donors (Lipinski definition) is 2. The fourth-order valence-electron chi connectivity index (χ4n) is 2.54. The van der Waals surface area contributed by atoms with Crippen molar-refractivity contribution >= 4 is 16.7 Å². The minimum Gasteiger partial charge on any atom is -0.396 e. The van der Waals surface area contributed by atoms with Gasteiger partial charge in [0, 0.05) is 35.5 Å². The molecule has 2 unspecified atom stereocenters. The van der Waals surface area contributed by atoms with E-state index >= 15 is 0 Å². The van der Waals surface area contributed by atoms with Gasteiger partial charge in [0.15, 0.2) is 0 Å². The van der Waals surface area contributed by atoms with Crippen LogP contribution in [0.1, 0.15) is 58.7 Å². The summed E-state index contributed by atoms with van der Waals surface area (Å²) in [4.78, 5) is 4.59. The van der Waals surface area contributed by atoms with Gasteiger partial charge in [-0.1, -0.05) is 40.0 Å². The van der Waals surface area contributed by atoms with Crippen LogP contribution in [-0.2, 0) is 5.41 Å². The summed E-state index contributed by atoms with van der Waals surface area (Å²) >= 11 is 1.44. The fourth-order valence-corrected chi connectivity index (χ4v) is 3.36. The molecule has 1 aromatic rings. The van der Waals surface area contributed by atoms with Crippen LogP contribution in [0.25, 0.3) is 0 Å². The SMILES string of the molecule is CC(C)(C)c1nsc(NC2CCCCCC2CO)n1. The van der Waals surface area contributed by atoms with Crippen LogP contribution in [-0.4, -0.2) is 27.1 Å². The Morgan fingerprint density at radius 2 is 2.00 bits per heavy atom. The average Bonchev–Trinajstić information content (AvgIpc) is 2.70. The van der Waals surface area contributed by atoms with E-state index in [9.17, 15) is 5.11 Å². The van der Waals surface area contributed by atoms with E-state index < -0.39 is 0 Å². The lowest BCUT2D eigenvalue weighted by Gasteiger charge is -2.23. The van der Waals surface area contributed by atoms with Crippen molar-refractivity contribution in [2.45, 2.75) is 64.3 Å². The van der Waals surface area contributed by atoms with Crippen molar-refractivity contribution in [3.8, 4) is 0 Å². The molecular weight excluding hydrogens is 258 g/mol. The molecule has 19 heavy (non-hydrogen) atoms. The highest BCUT2D eigenvalue weighted by atomic mass is 32.1. The van der Waals surface area contributed by atoms with E-state index in [0.29, 0.717) is 12.0 Å². The summed E-state index contributed by atoms with van der Waals surface area (Å²) in [6.45, 7) is 6.64. The van der Waals surface area contributed by atoms with Gasteiger partial charge in [-0.3, -0.25) is 0 Å². The zero-order valence-electron chi connectivity index (χ0n) is 12.1. The van der Waals surface area contributed by atoms with Crippen LogP contribution in [0.3, 0.4) is 0 Å². The molecule has 0 aromatic carbocycles. The molecule has 0 saturated heterocycles. The van der Waals surface area contributed by atoms with E-state index in [1.54, 1.807) is 0 Å². The van der Waals surface area contributed by atoms with Crippen molar-refractivity contribution in [2.24, 2.45) is 5.92 Å². The van der Waals surface area contributed by atoms with Crippen molar-refractivity contribution in [3.05, 3.63) is 5.82 Å². The molecule has 4 nitrogen and oxygen atoms in total. The second-order valence-corrected chi connectivity index (χ2v) is 7.26. The van der Waals surface area contributed by atoms with Crippen molar-refractivity contribution < 1.29 is 5.11 Å². The predicted molar refractivity (Wildman–Crippen MR) is 79.7 cm³/mol. The molecule has 1 aliphatic carbocycles. The number of anilines is 1. The molecule has 2 N–H and O–H groups in total. The molecule has 108 valence electrons. The molecule has 1 aliphatic rings. The topological polar surface area (TPSA) is 58.0 Å². The standard InChI is InChI=1S/C14H25N3OS/c1-14(2,3)12-16-13(19-17-12)15-11-8-6-4-5-7-10(11)9-18/h10-11,18H,4-9H2,1-3H3,(H,15,16,17). The van der Waals surface area contributed by atoms with Gasteiger partial charge in [0.05, 0.1) is 0 Å². The first-order chi connectivity index (χ1) is 9.00. The third kappa shape index (κ3) is 3.89. The third-order valence-electron chi connectivity index (χ3n) is 3.80. The highest BCUT2D eigenvalue weighted by Gasteiger charge is 2.25. The Hall–Kier alpha value is -0.680. The monoisotopic (exact) mass is 283 g/mol. The van der Waals surface area contributed by atoms with E-state index in [1.165, 1.54) is 30.8 Å². The zero-order chi connectivity index (χ0) is 13.9. The van der Waals surface area contributed by atoms with E-state index in [2.05, 4.69) is 35.4 Å². The first-order valence-electron chi connectivity index (χ1n) is 7.22. The molecule has 5 heteroatoms. The second-order valence-electron chi connectivity index (χ2n) is 6.50. The number of hydrogen-bond acceptors (Lipinski definition) is 5. The van der Waals surface area contributed by atoms with Gasteiger partial charge in [0.1, 0.15) is 5.82 Å². The second kappa shape index (κ2) is 6.18. The van der Waals surface area contributed by atoms with Crippen LogP contribution >= 0.6 is 11.5 Å². The number of nitrogens with zero attached hydrogens (tertiary/aromatic N) is 2. The van der Waals surface area contributed by atoms with Gasteiger partial charge in [-0.2, -0.15) is 4.37 Å². The number of aliphatic hydroxyl groups excluding tert-OH is 1. The third-order valence-corrected chi connectivity index (χ3v) is 4.45. The summed E-state index contributed by atoms with van der Waals surface area (Å²) in [6.07, 6.45) is 5.97. The Balaban J connectivity index is 2.04. The Morgan fingerprint density at radius 3 is 2.63 bits per heavy atom. The molecule has 2 atom stereocenters. The molecule has 1 saturated carbocycles. The molecule has 2 rings (SSSR count). The largest absolute Gasteiger partial charge is 0.396 e. The van der Waals surface area contributed by atoms with E-state index in [4.69, 9.17) is 0 Å². The molecule has 0 spiro atoms. The lowest BCUT2D eigenvalue weighted by molar-refractivity contribution is 0.203. The minimum absolute atomic E-state index is 0.00371. The molecule has 1 fully saturated rings. The summed E-state index contributed by atoms with van der Waals surface area (Å²) in [7, 11) is 0. The number of nitrogens with one attached hydrogen (secondary N) is 1. The zero-order valence-corrected chi connectivity index (χ0v) is 13.0. The quantitative estimate of drug-likeness (QED) is 0.836. The van der Waals surface area contributed by atoms with Crippen molar-refractivity contribution in [3.63, 3.8) is 0 Å². The van der Waals surface area contributed by atoms with Crippen molar-refractivity contribution in [2.75, 3.05) is 11.9 Å². The normalized spacial score (nSPS) is 25.1. The molecular formula is C14H25N3OS. The van der Waals surface area contributed by atoms with Crippen LogP contribution in [0, 0.1) is 5.92 Å². The lowest BCUT2D eigenvalue weighted by atomic mass is 9.95. The van der Waals surface area contributed by atoms with Gasteiger partial charge in [0.2, 0.25) is 5.13 Å². The van der Waals surface area contributed by atoms with E-state index in [0.717, 1.165) is 23.8 Å². The molecule has 0 bridgehead atoms. The van der Waals surface area contributed by atoms with Gasteiger partial charge in [-0.25, -0.2) is 4.98 Å². The fraction of sp³-hybridized carbons (Fsp3) is 0.857. The highest BCUT2D eigenvalue weighted by Crippen LogP contribution is 2.28. The number of aromatic nitrogens is 2. The molecule has 0 radical (unpaired) electrons. The molecule has 1 heterocycles. The first-order valence-corrected chi connectivity index (χ1v) is 7.99. The molecule has 0 amide bonds. The van der Waals surface area contributed by atoms with Crippen LogP contribution in [0.5, 0.6) is 0 Å². The Morgan fingerprint density at radius 1 is 1.26 bits per heavy atom. The van der Waals surface area contributed by atoms with Crippen LogP contribution < -0.4 is 5.32 Å². The van der Waals surface area contributed by atoms with E-state index in [1.807, 2.05) is 0 Å². The maximum Gasteiger partial charge on any atom is 0.202 e. The van der Waals surface area contributed by atoms with Crippen LogP contribution in [0.15, 0.2) is 0 Å². The maximum atomic E-state index is 9.53. The van der Waals surface area contributed by atoms with Gasteiger partial charge in [0.25, 0.3) is 0 Å². The van der Waals surface area contributed by atoms with Gasteiger partial charge < -0.3 is 10.4 Å². The van der Waals surface area contributed by atoms with Crippen molar-refractivity contribution in [1.29, 1.82) is 0 Å². The summed E-state index contributed by atoms with van der Waals surface area (Å²) in [6, 6.07) is 0.341. The Kier molecular flexibility index (Phi) is 4.79.